The van der Waals surface area contributed by atoms with Gasteiger partial charge < -0.3 is 14.7 Å². The van der Waals surface area contributed by atoms with Crippen molar-refractivity contribution in [3.8, 4) is 5.75 Å². The van der Waals surface area contributed by atoms with Gasteiger partial charge in [-0.2, -0.15) is 0 Å². The summed E-state index contributed by atoms with van der Waals surface area (Å²) in [5.74, 6) is -0.442. The molecule has 1 atom stereocenters. The van der Waals surface area contributed by atoms with Gasteiger partial charge in [-0.15, -0.1) is 0 Å². The van der Waals surface area contributed by atoms with Crippen LogP contribution in [0.3, 0.4) is 0 Å². The summed E-state index contributed by atoms with van der Waals surface area (Å²) in [6.07, 6.45) is -0.399. The van der Waals surface area contributed by atoms with Crippen molar-refractivity contribution in [1.29, 1.82) is 0 Å². The van der Waals surface area contributed by atoms with Crippen LogP contribution in [0, 0.1) is 0 Å². The first kappa shape index (κ1) is 13.8. The van der Waals surface area contributed by atoms with Gasteiger partial charge in [-0.3, -0.25) is 0 Å². The molecule has 0 fully saturated rings. The molecule has 1 aromatic carbocycles. The Morgan fingerprint density at radius 3 is 2.47 bits per heavy atom. The lowest BCUT2D eigenvalue weighted by Crippen LogP contribution is -2.31. The van der Waals surface area contributed by atoms with Gasteiger partial charge in [0.2, 0.25) is 0 Å². The van der Waals surface area contributed by atoms with Crippen LogP contribution in [0.15, 0.2) is 24.3 Å². The molecule has 17 heavy (non-hydrogen) atoms. The minimum atomic E-state index is -0.957. The summed E-state index contributed by atoms with van der Waals surface area (Å²) in [6.45, 7) is 0.657. The van der Waals surface area contributed by atoms with Crippen molar-refractivity contribution in [2.75, 3.05) is 20.6 Å². The van der Waals surface area contributed by atoms with Crippen LogP contribution in [0.5, 0.6) is 5.75 Å². The fourth-order valence-electron chi connectivity index (χ4n) is 1.29. The number of benzene rings is 1. The number of nitrogens with zero attached hydrogens (tertiary/aromatic N) is 1. The largest absolute Gasteiger partial charge is 0.479 e. The molecule has 0 aliphatic heterocycles. The highest BCUT2D eigenvalue weighted by molar-refractivity contribution is 6.30. The summed E-state index contributed by atoms with van der Waals surface area (Å²) in [4.78, 5) is 12.9. The number of rotatable bonds is 6. The van der Waals surface area contributed by atoms with E-state index >= 15 is 0 Å². The SMILES string of the molecule is CN(C)CCC(Oc1ccc(Cl)cc1)C(=O)O. The zero-order valence-corrected chi connectivity index (χ0v) is 10.6. The number of hydrogen-bond acceptors (Lipinski definition) is 3. The normalized spacial score (nSPS) is 12.5. The third-order valence-corrected chi connectivity index (χ3v) is 2.46. The fourth-order valence-corrected chi connectivity index (χ4v) is 1.41. The van der Waals surface area contributed by atoms with Gasteiger partial charge in [-0.1, -0.05) is 11.6 Å². The predicted octanol–water partition coefficient (Wildman–Crippen LogP) is 2.12. The molecule has 4 nitrogen and oxygen atoms in total. The summed E-state index contributed by atoms with van der Waals surface area (Å²) in [5.41, 5.74) is 0. The molecule has 0 radical (unpaired) electrons. The van der Waals surface area contributed by atoms with Crippen molar-refractivity contribution in [2.24, 2.45) is 0 Å². The lowest BCUT2D eigenvalue weighted by Gasteiger charge is -2.17. The van der Waals surface area contributed by atoms with Gasteiger partial charge in [0.15, 0.2) is 6.10 Å². The zero-order valence-electron chi connectivity index (χ0n) is 9.89. The van der Waals surface area contributed by atoms with E-state index in [0.29, 0.717) is 23.7 Å². The van der Waals surface area contributed by atoms with Crippen molar-refractivity contribution >= 4 is 17.6 Å². The Labute approximate surface area is 106 Å². The molecule has 1 aromatic rings. The van der Waals surface area contributed by atoms with Crippen molar-refractivity contribution in [3.63, 3.8) is 0 Å². The number of carbonyl (C=O) groups is 1. The number of hydrogen-bond donors (Lipinski definition) is 1. The van der Waals surface area contributed by atoms with Crippen LogP contribution in [0.2, 0.25) is 5.02 Å². The molecule has 0 amide bonds. The molecule has 5 heteroatoms. The second-order valence-corrected chi connectivity index (χ2v) is 4.43. The standard InChI is InChI=1S/C12H16ClNO3/c1-14(2)8-7-11(12(15)16)17-10-5-3-9(13)4-6-10/h3-6,11H,7-8H2,1-2H3,(H,15,16). The van der Waals surface area contributed by atoms with Crippen LogP contribution in [-0.4, -0.2) is 42.7 Å². The maximum Gasteiger partial charge on any atom is 0.344 e. The summed E-state index contributed by atoms with van der Waals surface area (Å²) < 4.78 is 5.40. The Balaban J connectivity index is 2.60. The highest BCUT2D eigenvalue weighted by Gasteiger charge is 2.19. The summed E-state index contributed by atoms with van der Waals surface area (Å²) >= 11 is 5.73. The molecule has 0 aliphatic rings. The first-order valence-electron chi connectivity index (χ1n) is 5.29. The molecule has 0 spiro atoms. The molecule has 1 N–H and O–H groups in total. The maximum absolute atomic E-state index is 11.0. The zero-order chi connectivity index (χ0) is 12.8. The molecule has 94 valence electrons. The minimum Gasteiger partial charge on any atom is -0.479 e. The third-order valence-electron chi connectivity index (χ3n) is 2.21. The van der Waals surface area contributed by atoms with Crippen molar-refractivity contribution in [1.82, 2.24) is 4.90 Å². The highest BCUT2D eigenvalue weighted by Crippen LogP contribution is 2.17. The third kappa shape index (κ3) is 5.06. The summed E-state index contributed by atoms with van der Waals surface area (Å²) in [5, 5.41) is 9.63. The molecule has 1 rings (SSSR count). The van der Waals surface area contributed by atoms with Crippen LogP contribution in [-0.2, 0) is 4.79 Å². The van der Waals surface area contributed by atoms with Crippen LogP contribution < -0.4 is 4.74 Å². The van der Waals surface area contributed by atoms with Gasteiger partial charge in [-0.05, 0) is 38.4 Å². The molecule has 0 aromatic heterocycles. The first-order valence-corrected chi connectivity index (χ1v) is 5.66. The van der Waals surface area contributed by atoms with Gasteiger partial charge in [0.1, 0.15) is 5.75 Å². The Kier molecular flexibility index (Phi) is 5.25. The quantitative estimate of drug-likeness (QED) is 0.848. The average Bonchev–Trinajstić information content (AvgIpc) is 2.26. The molecule has 0 bridgehead atoms. The van der Waals surface area contributed by atoms with Crippen LogP contribution in [0.25, 0.3) is 0 Å². The number of halogens is 1. The van der Waals surface area contributed by atoms with Crippen molar-refractivity contribution in [3.05, 3.63) is 29.3 Å². The Bertz CT molecular complexity index is 365. The average molecular weight is 258 g/mol. The Hall–Kier alpha value is -1.26. The van der Waals surface area contributed by atoms with Gasteiger partial charge in [0, 0.05) is 18.0 Å². The van der Waals surface area contributed by atoms with E-state index in [1.165, 1.54) is 0 Å². The van der Waals surface area contributed by atoms with E-state index in [0.717, 1.165) is 0 Å². The van der Waals surface area contributed by atoms with Crippen LogP contribution >= 0.6 is 11.6 Å². The van der Waals surface area contributed by atoms with E-state index in [1.54, 1.807) is 24.3 Å². The highest BCUT2D eigenvalue weighted by atomic mass is 35.5. The number of aliphatic carboxylic acids is 1. The van der Waals surface area contributed by atoms with Crippen molar-refractivity contribution in [2.45, 2.75) is 12.5 Å². The first-order chi connectivity index (χ1) is 7.99. The monoisotopic (exact) mass is 257 g/mol. The van der Waals surface area contributed by atoms with E-state index in [-0.39, 0.29) is 0 Å². The number of ether oxygens (including phenoxy) is 1. The predicted molar refractivity (Wildman–Crippen MR) is 66.7 cm³/mol. The Morgan fingerprint density at radius 1 is 1.41 bits per heavy atom. The maximum atomic E-state index is 11.0. The van der Waals surface area contributed by atoms with Crippen LogP contribution in [0.1, 0.15) is 6.42 Å². The van der Waals surface area contributed by atoms with Gasteiger partial charge >= 0.3 is 5.97 Å². The topological polar surface area (TPSA) is 49.8 Å². The summed E-state index contributed by atoms with van der Waals surface area (Å²) in [6, 6.07) is 6.66. The smallest absolute Gasteiger partial charge is 0.344 e. The molecule has 1 unspecified atom stereocenters. The number of carboxylic acid groups (broad SMARTS) is 1. The van der Waals surface area contributed by atoms with Crippen molar-refractivity contribution < 1.29 is 14.6 Å². The Morgan fingerprint density at radius 2 is 2.00 bits per heavy atom. The second-order valence-electron chi connectivity index (χ2n) is 3.99. The summed E-state index contributed by atoms with van der Waals surface area (Å²) in [7, 11) is 3.78. The number of carboxylic acids is 1. The lowest BCUT2D eigenvalue weighted by molar-refractivity contribution is -0.145. The van der Waals surface area contributed by atoms with E-state index in [4.69, 9.17) is 21.4 Å². The van der Waals surface area contributed by atoms with E-state index in [9.17, 15) is 4.79 Å². The molecule has 0 saturated carbocycles. The van der Waals surface area contributed by atoms with E-state index < -0.39 is 12.1 Å². The van der Waals surface area contributed by atoms with Gasteiger partial charge in [-0.25, -0.2) is 4.79 Å². The molecule has 0 saturated heterocycles. The van der Waals surface area contributed by atoms with E-state index in [2.05, 4.69) is 0 Å². The minimum absolute atomic E-state index is 0.435. The van der Waals surface area contributed by atoms with Gasteiger partial charge in [0.25, 0.3) is 0 Å². The molecular weight excluding hydrogens is 242 g/mol. The van der Waals surface area contributed by atoms with Gasteiger partial charge in [0.05, 0.1) is 0 Å². The lowest BCUT2D eigenvalue weighted by atomic mass is 10.2. The second kappa shape index (κ2) is 6.47. The van der Waals surface area contributed by atoms with E-state index in [1.807, 2.05) is 19.0 Å². The molecule has 0 heterocycles. The van der Waals surface area contributed by atoms with Crippen LogP contribution in [0.4, 0.5) is 0 Å². The molecule has 0 aliphatic carbocycles. The molecular formula is C12H16ClNO3. The fraction of sp³-hybridized carbons (Fsp3) is 0.417.